The standard InChI is InChI=1S/C19H15F2N5O4S/c20-19(21)30-16-4-2-1-3-13(16)7-18(27)25-14-5-6-15(17(8-14)31(23,28)29)26-11-12(9-22)10-24-26/h1-6,8,10-11,19H,7H2,(H,25,27)(H2,23,28,29). The predicted molar refractivity (Wildman–Crippen MR) is 105 cm³/mol. The highest BCUT2D eigenvalue weighted by Gasteiger charge is 2.19. The molecular weight excluding hydrogens is 432 g/mol. The van der Waals surface area contributed by atoms with Gasteiger partial charge in [-0.15, -0.1) is 0 Å². The highest BCUT2D eigenvalue weighted by Crippen LogP contribution is 2.25. The maximum atomic E-state index is 12.5. The number of aromatic nitrogens is 2. The summed E-state index contributed by atoms with van der Waals surface area (Å²) < 4.78 is 54.7. The molecule has 0 radical (unpaired) electrons. The third-order valence-corrected chi connectivity index (χ3v) is 4.99. The van der Waals surface area contributed by atoms with Gasteiger partial charge in [-0.1, -0.05) is 18.2 Å². The SMILES string of the molecule is N#Cc1cnn(-c2ccc(NC(=O)Cc3ccccc3OC(F)F)cc2S(N)(=O)=O)c1. The van der Waals surface area contributed by atoms with E-state index in [1.165, 1.54) is 47.4 Å². The molecule has 1 amide bonds. The Morgan fingerprint density at radius 2 is 2.03 bits per heavy atom. The highest BCUT2D eigenvalue weighted by molar-refractivity contribution is 7.89. The summed E-state index contributed by atoms with van der Waals surface area (Å²) in [4.78, 5) is 12.1. The van der Waals surface area contributed by atoms with Crippen LogP contribution >= 0.6 is 0 Å². The number of para-hydroxylation sites is 1. The molecule has 3 N–H and O–H groups in total. The maximum Gasteiger partial charge on any atom is 0.387 e. The summed E-state index contributed by atoms with van der Waals surface area (Å²) in [6.45, 7) is -3.04. The molecule has 0 fully saturated rings. The molecule has 160 valence electrons. The van der Waals surface area contributed by atoms with Gasteiger partial charge in [0.15, 0.2) is 0 Å². The molecule has 0 aliphatic rings. The van der Waals surface area contributed by atoms with Crippen LogP contribution < -0.4 is 15.2 Å². The van der Waals surface area contributed by atoms with Crippen molar-refractivity contribution in [1.29, 1.82) is 5.26 Å². The fourth-order valence-electron chi connectivity index (χ4n) is 2.76. The molecule has 0 unspecified atom stereocenters. The molecule has 1 aromatic heterocycles. The lowest BCUT2D eigenvalue weighted by Crippen LogP contribution is -2.18. The van der Waals surface area contributed by atoms with Gasteiger partial charge in [-0.3, -0.25) is 4.79 Å². The maximum absolute atomic E-state index is 12.5. The fraction of sp³-hybridized carbons (Fsp3) is 0.105. The van der Waals surface area contributed by atoms with Crippen molar-refractivity contribution in [2.45, 2.75) is 17.9 Å². The summed E-state index contributed by atoms with van der Waals surface area (Å²) >= 11 is 0. The topological polar surface area (TPSA) is 140 Å². The number of carbonyl (C=O) groups is 1. The van der Waals surface area contributed by atoms with E-state index in [4.69, 9.17) is 10.4 Å². The quantitative estimate of drug-likeness (QED) is 0.569. The number of nitrogens with two attached hydrogens (primary N) is 1. The van der Waals surface area contributed by atoms with Crippen molar-refractivity contribution in [3.8, 4) is 17.5 Å². The van der Waals surface area contributed by atoms with Gasteiger partial charge in [-0.25, -0.2) is 18.2 Å². The van der Waals surface area contributed by atoms with Crippen molar-refractivity contribution in [2.75, 3.05) is 5.32 Å². The molecule has 0 spiro atoms. The number of sulfonamides is 1. The Labute approximate surface area is 175 Å². The monoisotopic (exact) mass is 447 g/mol. The minimum Gasteiger partial charge on any atom is -0.435 e. The van der Waals surface area contributed by atoms with E-state index in [0.717, 1.165) is 6.07 Å². The lowest BCUT2D eigenvalue weighted by Gasteiger charge is -2.13. The van der Waals surface area contributed by atoms with Gasteiger partial charge in [-0.2, -0.15) is 19.1 Å². The summed E-state index contributed by atoms with van der Waals surface area (Å²) in [5.41, 5.74) is 0.627. The van der Waals surface area contributed by atoms with Crippen LogP contribution in [0.5, 0.6) is 5.75 Å². The molecule has 0 atom stereocenters. The summed E-state index contributed by atoms with van der Waals surface area (Å²) in [7, 11) is -4.21. The number of nitrogens with one attached hydrogen (secondary N) is 1. The van der Waals surface area contributed by atoms with Crippen LogP contribution in [0, 0.1) is 11.3 Å². The van der Waals surface area contributed by atoms with E-state index >= 15 is 0 Å². The molecule has 0 aliphatic heterocycles. The summed E-state index contributed by atoms with van der Waals surface area (Å²) in [5, 5.41) is 20.6. The van der Waals surface area contributed by atoms with Crippen LogP contribution in [0.4, 0.5) is 14.5 Å². The number of ether oxygens (including phenoxy) is 1. The zero-order chi connectivity index (χ0) is 22.6. The Bertz CT molecular complexity index is 1270. The first-order chi connectivity index (χ1) is 14.7. The number of benzene rings is 2. The average molecular weight is 447 g/mol. The zero-order valence-electron chi connectivity index (χ0n) is 15.7. The van der Waals surface area contributed by atoms with Gasteiger partial charge >= 0.3 is 6.61 Å². The molecule has 0 saturated carbocycles. The smallest absolute Gasteiger partial charge is 0.387 e. The van der Waals surface area contributed by atoms with Crippen molar-refractivity contribution in [1.82, 2.24) is 9.78 Å². The van der Waals surface area contributed by atoms with Crippen LogP contribution in [0.25, 0.3) is 5.69 Å². The van der Waals surface area contributed by atoms with E-state index in [-0.39, 0.29) is 39.6 Å². The number of hydrogen-bond acceptors (Lipinski definition) is 6. The lowest BCUT2D eigenvalue weighted by molar-refractivity contribution is -0.115. The van der Waals surface area contributed by atoms with Crippen molar-refractivity contribution >= 4 is 21.6 Å². The van der Waals surface area contributed by atoms with Gasteiger partial charge in [-0.05, 0) is 24.3 Å². The van der Waals surface area contributed by atoms with Crippen LogP contribution in [-0.2, 0) is 21.2 Å². The van der Waals surface area contributed by atoms with Crippen LogP contribution in [0.2, 0.25) is 0 Å². The summed E-state index contributed by atoms with van der Waals surface area (Å²) in [5.74, 6) is -0.732. The van der Waals surface area contributed by atoms with Gasteiger partial charge in [0.25, 0.3) is 0 Å². The number of nitrogens with zero attached hydrogens (tertiary/aromatic N) is 3. The van der Waals surface area contributed by atoms with E-state index in [1.54, 1.807) is 6.07 Å². The van der Waals surface area contributed by atoms with Crippen molar-refractivity contribution < 1.29 is 26.7 Å². The van der Waals surface area contributed by atoms with E-state index in [1.807, 2.05) is 6.07 Å². The van der Waals surface area contributed by atoms with Crippen molar-refractivity contribution in [3.63, 3.8) is 0 Å². The number of amides is 1. The largest absolute Gasteiger partial charge is 0.435 e. The second-order valence-electron chi connectivity index (χ2n) is 6.22. The van der Waals surface area contributed by atoms with Gasteiger partial charge in [0.1, 0.15) is 16.7 Å². The Morgan fingerprint density at radius 1 is 1.29 bits per heavy atom. The first-order valence-corrected chi connectivity index (χ1v) is 10.2. The van der Waals surface area contributed by atoms with Crippen LogP contribution in [0.1, 0.15) is 11.1 Å². The zero-order valence-corrected chi connectivity index (χ0v) is 16.5. The van der Waals surface area contributed by atoms with Gasteiger partial charge < -0.3 is 10.1 Å². The van der Waals surface area contributed by atoms with Gasteiger partial charge in [0.2, 0.25) is 15.9 Å². The van der Waals surface area contributed by atoms with Gasteiger partial charge in [0, 0.05) is 17.4 Å². The number of rotatable bonds is 7. The summed E-state index contributed by atoms with van der Waals surface area (Å²) in [6.07, 6.45) is 2.28. The van der Waals surface area contributed by atoms with Crippen LogP contribution in [0.15, 0.2) is 59.8 Å². The Hall–Kier alpha value is -3.82. The third kappa shape index (κ3) is 5.41. The van der Waals surface area contributed by atoms with E-state index in [0.29, 0.717) is 0 Å². The highest BCUT2D eigenvalue weighted by atomic mass is 32.2. The van der Waals surface area contributed by atoms with E-state index in [2.05, 4.69) is 15.2 Å². The molecule has 31 heavy (non-hydrogen) atoms. The number of anilines is 1. The molecule has 1 heterocycles. The molecule has 2 aromatic carbocycles. The van der Waals surface area contributed by atoms with Gasteiger partial charge in [0.05, 0.1) is 23.9 Å². The summed E-state index contributed by atoms with van der Waals surface area (Å²) in [6, 6.07) is 11.6. The van der Waals surface area contributed by atoms with Crippen LogP contribution in [-0.4, -0.2) is 30.7 Å². The number of nitriles is 1. The lowest BCUT2D eigenvalue weighted by atomic mass is 10.1. The number of alkyl halides is 2. The van der Waals surface area contributed by atoms with E-state index < -0.39 is 22.5 Å². The molecule has 3 aromatic rings. The van der Waals surface area contributed by atoms with Crippen LogP contribution in [0.3, 0.4) is 0 Å². The second kappa shape index (κ2) is 8.90. The molecule has 12 heteroatoms. The number of carbonyl (C=O) groups excluding carboxylic acids is 1. The number of primary sulfonamides is 1. The second-order valence-corrected chi connectivity index (χ2v) is 7.75. The molecule has 0 bridgehead atoms. The molecule has 9 nitrogen and oxygen atoms in total. The molecular formula is C19H15F2N5O4S. The predicted octanol–water partition coefficient (Wildman–Crippen LogP) is 2.17. The molecule has 3 rings (SSSR count). The van der Waals surface area contributed by atoms with Crippen molar-refractivity contribution in [2.24, 2.45) is 5.14 Å². The Kier molecular flexibility index (Phi) is 6.28. The first kappa shape index (κ1) is 21.9. The first-order valence-electron chi connectivity index (χ1n) is 8.62. The minimum absolute atomic E-state index is 0.0812. The minimum atomic E-state index is -4.21. The Balaban J connectivity index is 1.86. The average Bonchev–Trinajstić information content (AvgIpc) is 3.17. The van der Waals surface area contributed by atoms with Crippen molar-refractivity contribution in [3.05, 3.63) is 66.0 Å². The third-order valence-electron chi connectivity index (χ3n) is 4.05. The van der Waals surface area contributed by atoms with E-state index in [9.17, 15) is 22.0 Å². The molecule has 0 saturated heterocycles. The fourth-order valence-corrected chi connectivity index (χ4v) is 3.50. The number of hydrogen-bond donors (Lipinski definition) is 2. The molecule has 0 aliphatic carbocycles. The Morgan fingerprint density at radius 3 is 2.68 bits per heavy atom. The normalized spacial score (nSPS) is 11.2. The number of halogens is 2.